The van der Waals surface area contributed by atoms with Crippen LogP contribution in [0.25, 0.3) is 0 Å². The van der Waals surface area contributed by atoms with Gasteiger partial charge >= 0.3 is 0 Å². The van der Waals surface area contributed by atoms with Crippen molar-refractivity contribution in [1.29, 1.82) is 5.26 Å². The SMILES string of the molecule is N#Cc1cncn1CC(O)(Cc1ccc(F)cc1F)CC1CC1. The summed E-state index contributed by atoms with van der Waals surface area (Å²) in [5, 5.41) is 20.1. The number of hydrogen-bond acceptors (Lipinski definition) is 3. The van der Waals surface area contributed by atoms with Crippen molar-refractivity contribution in [3.63, 3.8) is 0 Å². The fraction of sp³-hybridized carbons (Fsp3) is 0.412. The van der Waals surface area contributed by atoms with E-state index in [2.05, 4.69) is 4.98 Å². The summed E-state index contributed by atoms with van der Waals surface area (Å²) in [6.07, 6.45) is 5.59. The Morgan fingerprint density at radius 2 is 2.17 bits per heavy atom. The van der Waals surface area contributed by atoms with Gasteiger partial charge in [0.1, 0.15) is 23.4 Å². The topological polar surface area (TPSA) is 61.8 Å². The van der Waals surface area contributed by atoms with Gasteiger partial charge in [-0.3, -0.25) is 0 Å². The maximum atomic E-state index is 13.9. The number of halogens is 2. The number of aliphatic hydroxyl groups is 1. The Bertz CT molecular complexity index is 749. The van der Waals surface area contributed by atoms with Crippen LogP contribution >= 0.6 is 0 Å². The van der Waals surface area contributed by atoms with E-state index in [0.29, 0.717) is 18.0 Å². The number of nitriles is 1. The molecule has 0 bridgehead atoms. The lowest BCUT2D eigenvalue weighted by atomic mass is 9.88. The van der Waals surface area contributed by atoms with Gasteiger partial charge in [0.05, 0.1) is 24.7 Å². The summed E-state index contributed by atoms with van der Waals surface area (Å²) in [6.45, 7) is 0.156. The molecule has 3 rings (SSSR count). The fourth-order valence-corrected chi connectivity index (χ4v) is 2.93. The van der Waals surface area contributed by atoms with Crippen LogP contribution in [0.3, 0.4) is 0 Å². The van der Waals surface area contributed by atoms with Crippen LogP contribution in [0.1, 0.15) is 30.5 Å². The number of nitrogens with zero attached hydrogens (tertiary/aromatic N) is 3. The Kier molecular flexibility index (Phi) is 4.14. The first-order chi connectivity index (χ1) is 11.0. The molecule has 1 atom stereocenters. The first-order valence-corrected chi connectivity index (χ1v) is 7.56. The van der Waals surface area contributed by atoms with E-state index in [-0.39, 0.29) is 18.5 Å². The van der Waals surface area contributed by atoms with Gasteiger partial charge in [-0.25, -0.2) is 13.8 Å². The maximum Gasteiger partial charge on any atom is 0.139 e. The van der Waals surface area contributed by atoms with Gasteiger partial charge in [-0.05, 0) is 24.0 Å². The second-order valence-corrected chi connectivity index (χ2v) is 6.30. The Balaban J connectivity index is 1.85. The van der Waals surface area contributed by atoms with Crippen molar-refractivity contribution in [2.24, 2.45) is 5.92 Å². The Morgan fingerprint density at radius 3 is 2.83 bits per heavy atom. The number of hydrogen-bond donors (Lipinski definition) is 1. The van der Waals surface area contributed by atoms with Crippen LogP contribution in [0.15, 0.2) is 30.7 Å². The zero-order chi connectivity index (χ0) is 16.4. The van der Waals surface area contributed by atoms with Crippen LogP contribution in [0.5, 0.6) is 0 Å². The molecule has 1 aromatic heterocycles. The summed E-state index contributed by atoms with van der Waals surface area (Å²) >= 11 is 0. The molecule has 2 aromatic rings. The summed E-state index contributed by atoms with van der Waals surface area (Å²) in [4.78, 5) is 3.91. The van der Waals surface area contributed by atoms with Crippen molar-refractivity contribution < 1.29 is 13.9 Å². The normalized spacial score (nSPS) is 16.8. The molecule has 0 amide bonds. The Morgan fingerprint density at radius 1 is 1.39 bits per heavy atom. The third kappa shape index (κ3) is 3.74. The molecule has 0 radical (unpaired) electrons. The molecule has 120 valence electrons. The summed E-state index contributed by atoms with van der Waals surface area (Å²) in [5.41, 5.74) is -0.585. The van der Waals surface area contributed by atoms with Crippen molar-refractivity contribution in [3.8, 4) is 6.07 Å². The molecule has 1 fully saturated rings. The third-order valence-electron chi connectivity index (χ3n) is 4.19. The standard InChI is InChI=1S/C17H17F2N3O/c18-14-4-3-13(16(19)5-14)7-17(23,6-12-1-2-12)10-22-11-21-9-15(22)8-20/h3-5,9,11-12,23H,1-2,6-7,10H2. The molecule has 4 nitrogen and oxygen atoms in total. The van der Waals surface area contributed by atoms with E-state index in [9.17, 15) is 13.9 Å². The van der Waals surface area contributed by atoms with Gasteiger partial charge in [-0.1, -0.05) is 18.9 Å². The van der Waals surface area contributed by atoms with Crippen LogP contribution in [0.4, 0.5) is 8.78 Å². The van der Waals surface area contributed by atoms with Crippen molar-refractivity contribution in [3.05, 3.63) is 53.6 Å². The van der Waals surface area contributed by atoms with Crippen LogP contribution in [-0.2, 0) is 13.0 Å². The largest absolute Gasteiger partial charge is 0.388 e. The molecule has 0 aliphatic heterocycles. The molecule has 0 saturated heterocycles. The van der Waals surface area contributed by atoms with E-state index in [1.165, 1.54) is 24.7 Å². The lowest BCUT2D eigenvalue weighted by molar-refractivity contribution is 0.00826. The van der Waals surface area contributed by atoms with E-state index >= 15 is 0 Å². The highest BCUT2D eigenvalue weighted by Gasteiger charge is 2.36. The summed E-state index contributed by atoms with van der Waals surface area (Å²) in [7, 11) is 0. The molecule has 6 heteroatoms. The zero-order valence-electron chi connectivity index (χ0n) is 12.5. The van der Waals surface area contributed by atoms with Crippen molar-refractivity contribution in [2.75, 3.05) is 0 Å². The smallest absolute Gasteiger partial charge is 0.139 e. The van der Waals surface area contributed by atoms with Crippen LogP contribution in [-0.4, -0.2) is 20.3 Å². The van der Waals surface area contributed by atoms with E-state index in [4.69, 9.17) is 5.26 Å². The molecule has 1 aliphatic carbocycles. The molecule has 1 N–H and O–H groups in total. The third-order valence-corrected chi connectivity index (χ3v) is 4.19. The monoisotopic (exact) mass is 317 g/mol. The van der Waals surface area contributed by atoms with E-state index < -0.39 is 17.2 Å². The average molecular weight is 317 g/mol. The van der Waals surface area contributed by atoms with Gasteiger partial charge in [0.2, 0.25) is 0 Å². The van der Waals surface area contributed by atoms with Crippen molar-refractivity contribution >= 4 is 0 Å². The second-order valence-electron chi connectivity index (χ2n) is 6.30. The Labute approximate surface area is 133 Å². The van der Waals surface area contributed by atoms with Crippen LogP contribution in [0, 0.1) is 28.9 Å². The van der Waals surface area contributed by atoms with E-state index in [1.807, 2.05) is 6.07 Å². The molecule has 23 heavy (non-hydrogen) atoms. The van der Waals surface area contributed by atoms with Crippen LogP contribution in [0.2, 0.25) is 0 Å². The maximum absolute atomic E-state index is 13.9. The lowest BCUT2D eigenvalue weighted by Gasteiger charge is -2.29. The predicted molar refractivity (Wildman–Crippen MR) is 79.3 cm³/mol. The zero-order valence-corrected chi connectivity index (χ0v) is 12.5. The summed E-state index contributed by atoms with van der Waals surface area (Å²) in [5.74, 6) is -0.888. The molecule has 1 aliphatic rings. The first kappa shape index (κ1) is 15.6. The highest BCUT2D eigenvalue weighted by Crippen LogP contribution is 2.39. The number of rotatable bonds is 6. The van der Waals surface area contributed by atoms with E-state index in [1.54, 1.807) is 4.57 Å². The fourth-order valence-electron chi connectivity index (χ4n) is 2.93. The Hall–Kier alpha value is -2.26. The predicted octanol–water partition coefficient (Wildman–Crippen LogP) is 2.81. The quantitative estimate of drug-likeness (QED) is 0.891. The molecular formula is C17H17F2N3O. The van der Waals surface area contributed by atoms with Gasteiger partial charge in [0.25, 0.3) is 0 Å². The lowest BCUT2D eigenvalue weighted by Crippen LogP contribution is -2.38. The van der Waals surface area contributed by atoms with Gasteiger partial charge in [-0.15, -0.1) is 0 Å². The minimum Gasteiger partial charge on any atom is -0.388 e. The molecule has 1 aromatic carbocycles. The summed E-state index contributed by atoms with van der Waals surface area (Å²) < 4.78 is 28.6. The highest BCUT2D eigenvalue weighted by atomic mass is 19.1. The van der Waals surface area contributed by atoms with Gasteiger partial charge in [0, 0.05) is 12.5 Å². The van der Waals surface area contributed by atoms with Crippen molar-refractivity contribution in [2.45, 2.75) is 37.8 Å². The minimum absolute atomic E-state index is 0.0681. The average Bonchev–Trinajstić information content (AvgIpc) is 3.18. The first-order valence-electron chi connectivity index (χ1n) is 7.56. The molecule has 0 spiro atoms. The molecule has 1 heterocycles. The van der Waals surface area contributed by atoms with Gasteiger partial charge in [-0.2, -0.15) is 5.26 Å². The van der Waals surface area contributed by atoms with Gasteiger partial charge < -0.3 is 9.67 Å². The van der Waals surface area contributed by atoms with Crippen molar-refractivity contribution in [1.82, 2.24) is 9.55 Å². The molecular weight excluding hydrogens is 300 g/mol. The van der Waals surface area contributed by atoms with E-state index in [0.717, 1.165) is 18.9 Å². The number of aromatic nitrogens is 2. The molecule has 1 unspecified atom stereocenters. The summed E-state index contributed by atoms with van der Waals surface area (Å²) in [6, 6.07) is 5.39. The highest BCUT2D eigenvalue weighted by molar-refractivity contribution is 5.22. The van der Waals surface area contributed by atoms with Crippen LogP contribution < -0.4 is 0 Å². The van der Waals surface area contributed by atoms with Gasteiger partial charge in [0.15, 0.2) is 0 Å². The number of benzene rings is 1. The second kappa shape index (κ2) is 6.09. The molecule has 1 saturated carbocycles. The number of imidazole rings is 1. The minimum atomic E-state index is -1.20.